The first kappa shape index (κ1) is 21.1. The van der Waals surface area contributed by atoms with Gasteiger partial charge in [0.2, 0.25) is 0 Å². The van der Waals surface area contributed by atoms with E-state index >= 15 is 0 Å². The van der Waals surface area contributed by atoms with Crippen LogP contribution in [0.5, 0.6) is 0 Å². The number of aliphatic hydroxyl groups is 1. The lowest BCUT2D eigenvalue weighted by molar-refractivity contribution is 0.171. The van der Waals surface area contributed by atoms with E-state index in [1.807, 2.05) is 49.4 Å². The van der Waals surface area contributed by atoms with Crippen molar-refractivity contribution in [2.24, 2.45) is 0 Å². The molecule has 2 aliphatic heterocycles. The number of rotatable bonds is 6. The lowest BCUT2D eigenvalue weighted by Crippen LogP contribution is -2.41. The number of fused-ring (bicyclic) bond motifs is 1. The maximum absolute atomic E-state index is 12.5. The summed E-state index contributed by atoms with van der Waals surface area (Å²) in [5.74, 6) is 1.17. The lowest BCUT2D eigenvalue weighted by Gasteiger charge is -2.32. The summed E-state index contributed by atoms with van der Waals surface area (Å²) in [6, 6.07) is 13.4. The van der Waals surface area contributed by atoms with Crippen molar-refractivity contribution >= 4 is 28.6 Å². The summed E-state index contributed by atoms with van der Waals surface area (Å²) >= 11 is 0. The molecule has 2 aliphatic rings. The van der Waals surface area contributed by atoms with Crippen LogP contribution >= 0.6 is 0 Å². The molecule has 8 heteroatoms. The van der Waals surface area contributed by atoms with Gasteiger partial charge in [0, 0.05) is 6.32 Å². The van der Waals surface area contributed by atoms with Crippen molar-refractivity contribution < 1.29 is 27.6 Å². The highest BCUT2D eigenvalue weighted by atomic mass is 32.2. The molecule has 2 N–H and O–H groups in total. The third-order valence-corrected chi connectivity index (χ3v) is 7.90. The molecule has 0 amide bonds. The van der Waals surface area contributed by atoms with E-state index in [1.54, 1.807) is 6.07 Å². The molecule has 0 bridgehead atoms. The Kier molecular flexibility index (Phi) is 6.02. The fourth-order valence-corrected chi connectivity index (χ4v) is 6.57. The molecule has 158 valence electrons. The summed E-state index contributed by atoms with van der Waals surface area (Å²) in [6.07, 6.45) is 2.75. The maximum atomic E-state index is 12.5. The predicted molar refractivity (Wildman–Crippen MR) is 116 cm³/mol. The minimum Gasteiger partial charge on any atom is -0.459 e. The van der Waals surface area contributed by atoms with Crippen LogP contribution in [0.2, 0.25) is 6.32 Å². The molecule has 0 aliphatic carbocycles. The lowest BCUT2D eigenvalue weighted by atomic mass is 9.74. The first-order valence-corrected chi connectivity index (χ1v) is 11.8. The van der Waals surface area contributed by atoms with E-state index in [4.69, 9.17) is 9.07 Å². The highest BCUT2D eigenvalue weighted by molar-refractivity contribution is 7.92. The summed E-state index contributed by atoms with van der Waals surface area (Å²) in [4.78, 5) is 0. The van der Waals surface area contributed by atoms with Crippen LogP contribution < -0.4 is 0 Å². The molecule has 0 saturated carbocycles. The molecule has 6 nitrogen and oxygen atoms in total. The van der Waals surface area contributed by atoms with Gasteiger partial charge in [0.1, 0.15) is 18.1 Å². The van der Waals surface area contributed by atoms with Crippen molar-refractivity contribution in [3.05, 3.63) is 70.7 Å². The van der Waals surface area contributed by atoms with E-state index in [-0.39, 0.29) is 18.7 Å². The molecule has 1 aromatic heterocycles. The minimum atomic E-state index is -3.27. The standard InChI is InChI=1S/C22H25BO6S/c1-15-14-30(26,27)21-12-23(25)29-20(22(15)21)10-7-17(16-5-3-2-4-6-16)11-18-8-9-19(13-24)28-18/h2-6,8-9,11,20-21,24-25H,7,10,12-14H2,1H3/b17-11-/t20-,21+/m1/s1. The largest absolute Gasteiger partial charge is 0.459 e. The number of aliphatic hydroxyl groups excluding tert-OH is 1. The molecule has 4 rings (SSSR count). The summed E-state index contributed by atoms with van der Waals surface area (Å²) in [7, 11) is -4.35. The smallest absolute Gasteiger partial charge is 0.456 e. The summed E-state index contributed by atoms with van der Waals surface area (Å²) < 4.78 is 36.3. The van der Waals surface area contributed by atoms with Crippen LogP contribution in [0, 0.1) is 0 Å². The van der Waals surface area contributed by atoms with Gasteiger partial charge in [-0.2, -0.15) is 0 Å². The van der Waals surface area contributed by atoms with Crippen molar-refractivity contribution in [1.29, 1.82) is 0 Å². The number of allylic oxidation sites excluding steroid dienone is 1. The predicted octanol–water partition coefficient (Wildman–Crippen LogP) is 3.09. The number of hydrogen-bond donors (Lipinski definition) is 2. The van der Waals surface area contributed by atoms with E-state index in [0.29, 0.717) is 24.4 Å². The van der Waals surface area contributed by atoms with Gasteiger partial charge in [0.25, 0.3) is 0 Å². The van der Waals surface area contributed by atoms with E-state index in [9.17, 15) is 18.5 Å². The molecule has 2 aromatic rings. The fourth-order valence-electron chi connectivity index (χ4n) is 4.40. The Balaban J connectivity index is 1.60. The zero-order chi connectivity index (χ0) is 21.3. The Bertz CT molecular complexity index is 1070. The summed E-state index contributed by atoms with van der Waals surface area (Å²) in [5, 5.41) is 18.7. The van der Waals surface area contributed by atoms with Crippen molar-refractivity contribution in [1.82, 2.24) is 0 Å². The molecule has 1 aromatic carbocycles. The molecule has 1 saturated heterocycles. The molecule has 2 atom stereocenters. The third-order valence-electron chi connectivity index (χ3n) is 5.75. The second-order valence-electron chi connectivity index (χ2n) is 7.88. The SMILES string of the molecule is CC1=C2[C@@H](CC/C(=C/c3ccc(CO)o3)c3ccccc3)OB(O)C[C@@H]2S(=O)(=O)C1. The van der Waals surface area contributed by atoms with E-state index in [0.717, 1.165) is 22.3 Å². The van der Waals surface area contributed by atoms with Crippen molar-refractivity contribution in [3.8, 4) is 0 Å². The average molecular weight is 428 g/mol. The zero-order valence-electron chi connectivity index (χ0n) is 16.8. The van der Waals surface area contributed by atoms with Gasteiger partial charge < -0.3 is 19.2 Å². The molecule has 0 spiro atoms. The van der Waals surface area contributed by atoms with Gasteiger partial charge in [-0.05, 0) is 54.7 Å². The first-order chi connectivity index (χ1) is 14.4. The zero-order valence-corrected chi connectivity index (χ0v) is 17.6. The van der Waals surface area contributed by atoms with Gasteiger partial charge in [-0.25, -0.2) is 8.42 Å². The van der Waals surface area contributed by atoms with Gasteiger partial charge in [-0.3, -0.25) is 0 Å². The Morgan fingerprint density at radius 2 is 2.00 bits per heavy atom. The van der Waals surface area contributed by atoms with Gasteiger partial charge in [-0.1, -0.05) is 35.9 Å². The Hall–Kier alpha value is -2.13. The minimum absolute atomic E-state index is 0.0390. The summed E-state index contributed by atoms with van der Waals surface area (Å²) in [5.41, 5.74) is 3.68. The van der Waals surface area contributed by atoms with Crippen molar-refractivity contribution in [2.75, 3.05) is 5.75 Å². The van der Waals surface area contributed by atoms with Crippen LogP contribution in [-0.4, -0.2) is 42.8 Å². The highest BCUT2D eigenvalue weighted by Crippen LogP contribution is 2.40. The Morgan fingerprint density at radius 1 is 1.23 bits per heavy atom. The normalized spacial score (nSPS) is 23.7. The average Bonchev–Trinajstić information content (AvgIpc) is 3.27. The van der Waals surface area contributed by atoms with Gasteiger partial charge >= 0.3 is 7.12 Å². The second-order valence-corrected chi connectivity index (χ2v) is 10.1. The van der Waals surface area contributed by atoms with Crippen molar-refractivity contribution in [2.45, 2.75) is 44.0 Å². The van der Waals surface area contributed by atoms with E-state index < -0.39 is 28.3 Å². The first-order valence-electron chi connectivity index (χ1n) is 10.1. The Labute approximate surface area is 176 Å². The molecular formula is C22H25BO6S. The van der Waals surface area contributed by atoms with Crippen LogP contribution in [0.15, 0.2) is 58.0 Å². The second kappa shape index (κ2) is 8.55. The fraction of sp³-hybridized carbons (Fsp3) is 0.364. The molecule has 0 unspecified atom stereocenters. The Morgan fingerprint density at radius 3 is 2.70 bits per heavy atom. The van der Waals surface area contributed by atoms with Crippen LogP contribution in [0.25, 0.3) is 11.6 Å². The summed E-state index contributed by atoms with van der Waals surface area (Å²) in [6.45, 7) is 1.68. The van der Waals surface area contributed by atoms with E-state index in [2.05, 4.69) is 0 Å². The van der Waals surface area contributed by atoms with Crippen LogP contribution in [-0.2, 0) is 21.1 Å². The van der Waals surface area contributed by atoms with Gasteiger partial charge in [0.15, 0.2) is 9.84 Å². The van der Waals surface area contributed by atoms with Crippen LogP contribution in [0.3, 0.4) is 0 Å². The number of hydrogen-bond acceptors (Lipinski definition) is 6. The number of furan rings is 1. The number of sulfone groups is 1. The van der Waals surface area contributed by atoms with Gasteiger partial charge in [0.05, 0.1) is 17.1 Å². The maximum Gasteiger partial charge on any atom is 0.456 e. The van der Waals surface area contributed by atoms with E-state index in [1.165, 1.54) is 0 Å². The highest BCUT2D eigenvalue weighted by Gasteiger charge is 2.47. The molecule has 3 heterocycles. The molecule has 0 radical (unpaired) electrons. The topological polar surface area (TPSA) is 97.0 Å². The molecule has 1 fully saturated rings. The number of benzene rings is 1. The monoisotopic (exact) mass is 428 g/mol. The quantitative estimate of drug-likeness (QED) is 0.542. The third kappa shape index (κ3) is 4.32. The van der Waals surface area contributed by atoms with Crippen LogP contribution in [0.4, 0.5) is 0 Å². The molecular weight excluding hydrogens is 403 g/mol. The van der Waals surface area contributed by atoms with Crippen LogP contribution in [0.1, 0.15) is 36.8 Å². The van der Waals surface area contributed by atoms with Crippen molar-refractivity contribution in [3.63, 3.8) is 0 Å². The molecule has 30 heavy (non-hydrogen) atoms. The van der Waals surface area contributed by atoms with Gasteiger partial charge in [-0.15, -0.1) is 0 Å².